The largest absolute Gasteiger partial charge is 0.310 e. The molecule has 0 saturated heterocycles. The van der Waals surface area contributed by atoms with Crippen LogP contribution in [0.2, 0.25) is 0 Å². The summed E-state index contributed by atoms with van der Waals surface area (Å²) in [6.45, 7) is 4.74. The topological polar surface area (TPSA) is 3.24 Å². The van der Waals surface area contributed by atoms with Crippen molar-refractivity contribution in [1.29, 1.82) is 0 Å². The zero-order valence-electron chi connectivity index (χ0n) is 32.2. The monoisotopic (exact) mass is 727 g/mol. The van der Waals surface area contributed by atoms with Crippen molar-refractivity contribution in [2.45, 2.75) is 24.7 Å². The van der Waals surface area contributed by atoms with Crippen molar-refractivity contribution in [2.75, 3.05) is 4.90 Å². The summed E-state index contributed by atoms with van der Waals surface area (Å²) in [7, 11) is 0. The van der Waals surface area contributed by atoms with E-state index in [-0.39, 0.29) is 5.41 Å². The van der Waals surface area contributed by atoms with Crippen LogP contribution in [0.25, 0.3) is 44.2 Å². The molecule has 0 atom stereocenters. The van der Waals surface area contributed by atoms with Crippen molar-refractivity contribution in [3.8, 4) is 33.4 Å². The van der Waals surface area contributed by atoms with E-state index in [1.54, 1.807) is 0 Å². The molecule has 0 aromatic heterocycles. The summed E-state index contributed by atoms with van der Waals surface area (Å²) in [5.41, 5.74) is 18.3. The highest BCUT2D eigenvalue weighted by molar-refractivity contribution is 5.98. The first-order valence-electron chi connectivity index (χ1n) is 20.0. The number of anilines is 3. The van der Waals surface area contributed by atoms with Gasteiger partial charge in [0.15, 0.2) is 0 Å². The van der Waals surface area contributed by atoms with E-state index in [2.05, 4.69) is 231 Å². The second-order valence-corrected chi connectivity index (χ2v) is 16.1. The van der Waals surface area contributed by atoms with Gasteiger partial charge < -0.3 is 4.90 Å². The van der Waals surface area contributed by atoms with Gasteiger partial charge in [0, 0.05) is 22.5 Å². The highest BCUT2D eigenvalue weighted by Gasteiger charge is 2.46. The molecule has 0 N–H and O–H groups in total. The molecule has 0 unspecified atom stereocenters. The number of fused-ring (bicyclic) bond motifs is 7. The van der Waals surface area contributed by atoms with Gasteiger partial charge in [-0.05, 0) is 114 Å². The lowest BCUT2D eigenvalue weighted by Crippen LogP contribution is -2.28. The van der Waals surface area contributed by atoms with E-state index < -0.39 is 5.41 Å². The van der Waals surface area contributed by atoms with Crippen molar-refractivity contribution in [3.05, 3.63) is 246 Å². The van der Waals surface area contributed by atoms with Crippen LogP contribution in [0.15, 0.2) is 212 Å². The Morgan fingerprint density at radius 3 is 1.54 bits per heavy atom. The lowest BCUT2D eigenvalue weighted by molar-refractivity contribution is 0.660. The molecule has 0 fully saturated rings. The van der Waals surface area contributed by atoms with Gasteiger partial charge in [0.2, 0.25) is 0 Å². The first kappa shape index (κ1) is 33.4. The Kier molecular flexibility index (Phi) is 7.50. The molecule has 0 bridgehead atoms. The molecule has 57 heavy (non-hydrogen) atoms. The van der Waals surface area contributed by atoms with Gasteiger partial charge >= 0.3 is 0 Å². The van der Waals surface area contributed by atoms with E-state index in [1.165, 1.54) is 77.5 Å². The molecule has 9 aromatic rings. The number of rotatable bonds is 6. The Morgan fingerprint density at radius 2 is 0.825 bits per heavy atom. The van der Waals surface area contributed by atoms with Gasteiger partial charge in [-0.15, -0.1) is 0 Å². The molecule has 0 heterocycles. The van der Waals surface area contributed by atoms with Gasteiger partial charge in [0.25, 0.3) is 0 Å². The molecular formula is C56H41N. The Bertz CT molecular complexity index is 2950. The second-order valence-electron chi connectivity index (χ2n) is 16.1. The fourth-order valence-corrected chi connectivity index (χ4v) is 10.1. The smallest absolute Gasteiger partial charge is 0.0714 e. The van der Waals surface area contributed by atoms with E-state index in [0.29, 0.717) is 0 Å². The fraction of sp³-hybridized carbons (Fsp3) is 0.0714. The van der Waals surface area contributed by atoms with Crippen LogP contribution in [-0.4, -0.2) is 0 Å². The van der Waals surface area contributed by atoms with Crippen molar-refractivity contribution in [2.24, 2.45) is 0 Å². The number of nitrogens with zero attached hydrogens (tertiary/aromatic N) is 1. The van der Waals surface area contributed by atoms with E-state index in [1.807, 2.05) is 0 Å². The minimum atomic E-state index is -0.498. The summed E-state index contributed by atoms with van der Waals surface area (Å²) in [5, 5.41) is 2.50. The van der Waals surface area contributed by atoms with Crippen molar-refractivity contribution < 1.29 is 0 Å². The third-order valence-corrected chi connectivity index (χ3v) is 12.7. The summed E-state index contributed by atoms with van der Waals surface area (Å²) in [6, 6.07) is 78.8. The molecule has 1 nitrogen and oxygen atoms in total. The van der Waals surface area contributed by atoms with Gasteiger partial charge in [0.1, 0.15) is 0 Å². The summed E-state index contributed by atoms with van der Waals surface area (Å²) < 4.78 is 0. The fourth-order valence-electron chi connectivity index (χ4n) is 10.1. The SMILES string of the molecule is CC1(C)c2ccccc2-c2ccc(N(c3cccc(-c4cccc5ccccc45)c3)c3ccc4c(c3)C(c3ccccc3)(c3ccccc3)c3ccccc3-4)cc21. The molecule has 1 heteroatoms. The number of hydrogen-bond acceptors (Lipinski definition) is 1. The zero-order valence-corrected chi connectivity index (χ0v) is 32.2. The summed E-state index contributed by atoms with van der Waals surface area (Å²) in [4.78, 5) is 2.48. The van der Waals surface area contributed by atoms with E-state index >= 15 is 0 Å². The maximum atomic E-state index is 2.48. The van der Waals surface area contributed by atoms with E-state index in [9.17, 15) is 0 Å². The summed E-state index contributed by atoms with van der Waals surface area (Å²) in [6.07, 6.45) is 0. The normalized spacial score (nSPS) is 14.1. The molecule has 0 spiro atoms. The highest BCUT2D eigenvalue weighted by Crippen LogP contribution is 2.58. The minimum absolute atomic E-state index is 0.131. The van der Waals surface area contributed by atoms with Crippen molar-refractivity contribution >= 4 is 27.8 Å². The van der Waals surface area contributed by atoms with Crippen LogP contribution in [-0.2, 0) is 10.8 Å². The maximum Gasteiger partial charge on any atom is 0.0714 e. The quantitative estimate of drug-likeness (QED) is 0.165. The molecule has 0 amide bonds. The summed E-state index contributed by atoms with van der Waals surface area (Å²) >= 11 is 0. The molecule has 0 saturated carbocycles. The molecule has 0 radical (unpaired) electrons. The molecule has 2 aliphatic rings. The first-order valence-corrected chi connectivity index (χ1v) is 20.0. The third-order valence-electron chi connectivity index (χ3n) is 12.7. The standard InChI is InChI=1S/C56H41N/c1-55(2)51-29-13-11-26-47(51)49-33-31-43(36-53(49)55)57(42-24-15-19-39(35-42)46-28-16-18-38-17-9-10-25-45(38)46)44-32-34-50-48-27-12-14-30-52(48)56(54(50)37-44,40-20-5-3-6-21-40)41-22-7-4-8-23-41/h3-37H,1-2H3. The minimum Gasteiger partial charge on any atom is -0.310 e. The van der Waals surface area contributed by atoms with Crippen molar-refractivity contribution in [1.82, 2.24) is 0 Å². The predicted octanol–water partition coefficient (Wildman–Crippen LogP) is 14.6. The molecule has 11 rings (SSSR count). The maximum absolute atomic E-state index is 2.48. The van der Waals surface area contributed by atoms with Crippen molar-refractivity contribution in [3.63, 3.8) is 0 Å². The molecular weight excluding hydrogens is 687 g/mol. The van der Waals surface area contributed by atoms with Gasteiger partial charge in [-0.2, -0.15) is 0 Å². The average Bonchev–Trinajstić information content (AvgIpc) is 3.69. The molecule has 0 aliphatic heterocycles. The van der Waals surface area contributed by atoms with Gasteiger partial charge in [-0.3, -0.25) is 0 Å². The lowest BCUT2D eigenvalue weighted by atomic mass is 9.67. The van der Waals surface area contributed by atoms with E-state index in [4.69, 9.17) is 0 Å². The third kappa shape index (κ3) is 4.95. The van der Waals surface area contributed by atoms with Crippen LogP contribution < -0.4 is 4.90 Å². The van der Waals surface area contributed by atoms with Crippen LogP contribution in [0.4, 0.5) is 17.1 Å². The van der Waals surface area contributed by atoms with Gasteiger partial charge in [-0.1, -0.05) is 190 Å². The summed E-state index contributed by atoms with van der Waals surface area (Å²) in [5.74, 6) is 0. The first-order chi connectivity index (χ1) is 28.0. The molecule has 2 aliphatic carbocycles. The Labute approximate surface area is 335 Å². The molecule has 270 valence electrons. The Hall–Kier alpha value is -6.96. The second kappa shape index (κ2) is 12.8. The van der Waals surface area contributed by atoms with Crippen LogP contribution in [0, 0.1) is 0 Å². The lowest BCUT2D eigenvalue weighted by Gasteiger charge is -2.35. The van der Waals surface area contributed by atoms with Crippen LogP contribution >= 0.6 is 0 Å². The zero-order chi connectivity index (χ0) is 38.1. The number of hydrogen-bond donors (Lipinski definition) is 0. The van der Waals surface area contributed by atoms with Gasteiger partial charge in [0.05, 0.1) is 5.41 Å². The Balaban J connectivity index is 1.17. The van der Waals surface area contributed by atoms with Crippen LogP contribution in [0.1, 0.15) is 47.2 Å². The highest BCUT2D eigenvalue weighted by atomic mass is 15.1. The Morgan fingerprint density at radius 1 is 0.333 bits per heavy atom. The molecule has 9 aromatic carbocycles. The van der Waals surface area contributed by atoms with Crippen LogP contribution in [0.3, 0.4) is 0 Å². The predicted molar refractivity (Wildman–Crippen MR) is 239 cm³/mol. The number of benzene rings is 9. The van der Waals surface area contributed by atoms with E-state index in [0.717, 1.165) is 17.1 Å². The van der Waals surface area contributed by atoms with Gasteiger partial charge in [-0.25, -0.2) is 0 Å². The van der Waals surface area contributed by atoms with Crippen LogP contribution in [0.5, 0.6) is 0 Å². The average molecular weight is 728 g/mol.